The van der Waals surface area contributed by atoms with Crippen LogP contribution in [0.25, 0.3) is 22.2 Å². The molecule has 4 rings (SSSR count). The first-order valence-corrected chi connectivity index (χ1v) is 8.31. The molecule has 0 unspecified atom stereocenters. The van der Waals surface area contributed by atoms with Crippen LogP contribution in [0.1, 0.15) is 5.48 Å². The van der Waals surface area contributed by atoms with Crippen molar-refractivity contribution in [1.82, 2.24) is 14.5 Å². The van der Waals surface area contributed by atoms with E-state index in [9.17, 15) is 14.5 Å². The van der Waals surface area contributed by atoms with Gasteiger partial charge in [0.25, 0.3) is 0 Å². The summed E-state index contributed by atoms with van der Waals surface area (Å²) in [5, 5.41) is 14.2. The highest BCUT2D eigenvalue weighted by atomic mass is 19.1. The van der Waals surface area contributed by atoms with Gasteiger partial charge in [0, 0.05) is 48.0 Å². The highest BCUT2D eigenvalue weighted by Gasteiger charge is 2.20. The second kappa shape index (κ2) is 7.19. The smallest absolute Gasteiger partial charge is 0.307 e. The van der Waals surface area contributed by atoms with Crippen molar-refractivity contribution in [2.24, 2.45) is 7.05 Å². The third-order valence-electron chi connectivity index (χ3n) is 4.26. The van der Waals surface area contributed by atoms with E-state index in [1.165, 1.54) is 13.3 Å². The lowest BCUT2D eigenvalue weighted by Crippen LogP contribution is -2.02. The number of fused-ring (bicyclic) bond motifs is 1. The number of aromatic nitrogens is 3. The lowest BCUT2D eigenvalue weighted by atomic mass is 10.1. The highest BCUT2D eigenvalue weighted by Crippen LogP contribution is 2.34. The number of aryl methyl sites for hydroxylation is 1. The van der Waals surface area contributed by atoms with Crippen LogP contribution in [0.3, 0.4) is 0 Å². The van der Waals surface area contributed by atoms with Gasteiger partial charge in [-0.05, 0) is 12.1 Å². The number of para-hydroxylation sites is 1. The van der Waals surface area contributed by atoms with E-state index in [0.29, 0.717) is 22.2 Å². The topological polar surface area (TPSA) is 95.1 Å². The molecule has 2 aromatic heterocycles. The van der Waals surface area contributed by atoms with Crippen molar-refractivity contribution >= 4 is 28.2 Å². The van der Waals surface area contributed by atoms with Crippen LogP contribution >= 0.6 is 0 Å². The van der Waals surface area contributed by atoms with Crippen LogP contribution < -0.4 is 10.1 Å². The summed E-state index contributed by atoms with van der Waals surface area (Å²) in [5.74, 6) is -1.03. The highest BCUT2D eigenvalue weighted by molar-refractivity contribution is 5.95. The summed E-state index contributed by atoms with van der Waals surface area (Å²) in [5.41, 5.74) is 0.433. The fourth-order valence-electron chi connectivity index (χ4n) is 2.92. The van der Waals surface area contributed by atoms with E-state index in [1.807, 2.05) is 0 Å². The van der Waals surface area contributed by atoms with Gasteiger partial charge in [-0.2, -0.15) is 4.39 Å². The number of benzene rings is 2. The minimum atomic E-state index is -1.05. The quantitative estimate of drug-likeness (QED) is 0.395. The van der Waals surface area contributed by atoms with Gasteiger partial charge in [0.15, 0.2) is 0 Å². The van der Waals surface area contributed by atoms with Crippen LogP contribution in [0, 0.1) is 15.9 Å². The Labute approximate surface area is 170 Å². The number of anilines is 2. The summed E-state index contributed by atoms with van der Waals surface area (Å²) in [6, 6.07) is 2.34. The molecule has 2 heterocycles. The Hall–Kier alpha value is -4.01. The van der Waals surface area contributed by atoms with Gasteiger partial charge < -0.3 is 14.6 Å². The second-order valence-electron chi connectivity index (χ2n) is 6.03. The predicted molar refractivity (Wildman–Crippen MR) is 107 cm³/mol. The first-order chi connectivity index (χ1) is 15.6. The molecule has 0 saturated heterocycles. The maximum absolute atomic E-state index is 13.9. The molecule has 0 aliphatic heterocycles. The number of nitrogens with zero attached hydrogens (tertiary/aromatic N) is 4. The van der Waals surface area contributed by atoms with Crippen molar-refractivity contribution in [3.8, 4) is 17.0 Å². The Kier molecular flexibility index (Phi) is 3.49. The van der Waals surface area contributed by atoms with Gasteiger partial charge in [-0.15, -0.1) is 0 Å². The Bertz CT molecular complexity index is 1440. The zero-order chi connectivity index (χ0) is 24.0. The molecule has 8 nitrogen and oxygen atoms in total. The number of nitro benzene ring substituents is 1. The van der Waals surface area contributed by atoms with Gasteiger partial charge in [0.2, 0.25) is 11.8 Å². The van der Waals surface area contributed by atoms with Gasteiger partial charge >= 0.3 is 5.69 Å². The van der Waals surface area contributed by atoms with Crippen molar-refractivity contribution in [3.63, 3.8) is 0 Å². The average molecular weight is 397 g/mol. The zero-order valence-corrected chi connectivity index (χ0v) is 15.3. The van der Waals surface area contributed by atoms with Crippen molar-refractivity contribution < 1.29 is 19.5 Å². The molecule has 9 heteroatoms. The standard InChI is InChI=1S/C20H16FN5O3/c1-25-11-13(12-5-3-4-6-17(12)25)15-7-8-22-20(23-15)24-16-10-18(26(27)28)14(21)9-19(16)29-2/h3-11H,1-2H3,(H,22,23,24)/i3D,4D,5D,6D. The molecule has 1 N–H and O–H groups in total. The molecule has 0 saturated carbocycles. The Balaban J connectivity index is 1.84. The molecule has 0 bridgehead atoms. The van der Waals surface area contributed by atoms with Crippen LogP contribution in [0.4, 0.5) is 21.7 Å². The van der Waals surface area contributed by atoms with E-state index in [0.717, 1.165) is 12.1 Å². The summed E-state index contributed by atoms with van der Waals surface area (Å²) < 4.78 is 53.0. The summed E-state index contributed by atoms with van der Waals surface area (Å²) in [6.45, 7) is 0. The van der Waals surface area contributed by atoms with Crippen LogP contribution in [-0.2, 0) is 7.05 Å². The number of methoxy groups -OCH3 is 1. The van der Waals surface area contributed by atoms with Gasteiger partial charge in [-0.1, -0.05) is 18.1 Å². The minimum Gasteiger partial charge on any atom is -0.494 e. The molecular formula is C20H16FN5O3. The van der Waals surface area contributed by atoms with Crippen molar-refractivity contribution in [3.05, 3.63) is 70.7 Å². The molecule has 2 aromatic carbocycles. The Morgan fingerprint density at radius 2 is 2.14 bits per heavy atom. The summed E-state index contributed by atoms with van der Waals surface area (Å²) in [6.07, 6.45) is 3.05. The van der Waals surface area contributed by atoms with E-state index in [2.05, 4.69) is 15.3 Å². The molecule has 29 heavy (non-hydrogen) atoms. The molecule has 0 spiro atoms. The molecular weight excluding hydrogens is 377 g/mol. The molecule has 4 aromatic rings. The SMILES string of the molecule is [2H]c1c([2H])c([2H])c2c(c(-c3ccnc(Nc4cc([N+](=O)[O-])c(F)cc4OC)n3)cn2C)c1[2H]. The Morgan fingerprint density at radius 3 is 2.90 bits per heavy atom. The fourth-order valence-corrected chi connectivity index (χ4v) is 2.92. The summed E-state index contributed by atoms with van der Waals surface area (Å²) >= 11 is 0. The van der Waals surface area contributed by atoms with E-state index >= 15 is 0 Å². The molecule has 0 aliphatic rings. The maximum Gasteiger partial charge on any atom is 0.307 e. The normalized spacial score (nSPS) is 12.8. The predicted octanol–water partition coefficient (Wildman–Crippen LogP) is 4.43. The summed E-state index contributed by atoms with van der Waals surface area (Å²) in [7, 11) is 2.95. The Morgan fingerprint density at radius 1 is 1.34 bits per heavy atom. The van der Waals surface area contributed by atoms with Crippen molar-refractivity contribution in [2.45, 2.75) is 0 Å². The number of halogens is 1. The van der Waals surface area contributed by atoms with E-state index < -0.39 is 16.4 Å². The molecule has 0 fully saturated rings. The number of hydrogen-bond donors (Lipinski definition) is 1. The maximum atomic E-state index is 13.9. The first-order valence-electron chi connectivity index (χ1n) is 10.3. The summed E-state index contributed by atoms with van der Waals surface area (Å²) in [4.78, 5) is 18.7. The van der Waals surface area contributed by atoms with E-state index in [-0.39, 0.29) is 41.6 Å². The van der Waals surface area contributed by atoms with Crippen LogP contribution in [0.2, 0.25) is 0 Å². The minimum absolute atomic E-state index is 0.00591. The van der Waals surface area contributed by atoms with Gasteiger partial charge in [0.1, 0.15) is 5.75 Å². The lowest BCUT2D eigenvalue weighted by Gasteiger charge is -2.11. The lowest BCUT2D eigenvalue weighted by molar-refractivity contribution is -0.387. The van der Waals surface area contributed by atoms with Gasteiger partial charge in [0.05, 0.1) is 28.9 Å². The average Bonchev–Trinajstić information content (AvgIpc) is 3.14. The molecule has 0 radical (unpaired) electrons. The number of rotatable bonds is 5. The molecule has 0 amide bonds. The molecule has 0 atom stereocenters. The van der Waals surface area contributed by atoms with Gasteiger partial charge in [-0.3, -0.25) is 10.1 Å². The van der Waals surface area contributed by atoms with Crippen LogP contribution in [0.15, 0.2) is 54.8 Å². The second-order valence-corrected chi connectivity index (χ2v) is 6.03. The first kappa shape index (κ1) is 14.1. The largest absolute Gasteiger partial charge is 0.494 e. The number of ether oxygens (including phenoxy) is 1. The fraction of sp³-hybridized carbons (Fsp3) is 0.100. The molecule has 0 aliphatic carbocycles. The number of nitro groups is 1. The third-order valence-corrected chi connectivity index (χ3v) is 4.26. The molecule has 146 valence electrons. The van der Waals surface area contributed by atoms with Crippen molar-refractivity contribution in [2.75, 3.05) is 12.4 Å². The van der Waals surface area contributed by atoms with Gasteiger partial charge in [-0.25, -0.2) is 9.97 Å². The van der Waals surface area contributed by atoms with E-state index in [1.54, 1.807) is 23.9 Å². The third kappa shape index (κ3) is 3.33. The van der Waals surface area contributed by atoms with Crippen LogP contribution in [-0.4, -0.2) is 26.6 Å². The number of nitrogens with one attached hydrogen (secondary N) is 1. The van der Waals surface area contributed by atoms with Crippen LogP contribution in [0.5, 0.6) is 5.75 Å². The van der Waals surface area contributed by atoms with Crippen molar-refractivity contribution in [1.29, 1.82) is 0 Å². The number of hydrogen-bond acceptors (Lipinski definition) is 6. The zero-order valence-electron chi connectivity index (χ0n) is 19.3. The monoisotopic (exact) mass is 397 g/mol. The van der Waals surface area contributed by atoms with E-state index in [4.69, 9.17) is 10.2 Å².